The lowest BCUT2D eigenvalue weighted by Gasteiger charge is -1.55. The van der Waals surface area contributed by atoms with E-state index in [0.717, 1.165) is 10.7 Å². The number of hydrogen-bond acceptors (Lipinski definition) is 0. The quantitative estimate of drug-likeness (QED) is 0.539. The highest BCUT2D eigenvalue weighted by atomic mass is 79.9. The number of alkyl halides is 2. The van der Waals surface area contributed by atoms with Crippen molar-refractivity contribution in [1.29, 1.82) is 0 Å². The molecule has 0 aliphatic heterocycles. The Labute approximate surface area is 73.4 Å². The summed E-state index contributed by atoms with van der Waals surface area (Å²) in [5.41, 5.74) is 0. The van der Waals surface area contributed by atoms with Crippen molar-refractivity contribution in [2.24, 2.45) is 0 Å². The van der Waals surface area contributed by atoms with Gasteiger partial charge in [-0.2, -0.15) is 0 Å². The summed E-state index contributed by atoms with van der Waals surface area (Å²) in [4.78, 5) is 0. The van der Waals surface area contributed by atoms with Crippen LogP contribution in [0.15, 0.2) is 25.3 Å². The predicted molar refractivity (Wildman–Crippen MR) is 51.6 cm³/mol. The zero-order valence-electron chi connectivity index (χ0n) is 5.24. The van der Waals surface area contributed by atoms with Crippen LogP contribution in [-0.2, 0) is 0 Å². The first-order valence-corrected chi connectivity index (χ1v) is 4.41. The molecule has 0 aromatic heterocycles. The van der Waals surface area contributed by atoms with E-state index in [1.807, 2.05) is 0 Å². The van der Waals surface area contributed by atoms with Crippen LogP contribution in [0.5, 0.6) is 0 Å². The molecule has 1 nitrogen and oxygen atoms in total. The lowest BCUT2D eigenvalue weighted by atomic mass is 10.8. The molecule has 0 spiro atoms. The van der Waals surface area contributed by atoms with Crippen LogP contribution in [0.3, 0.4) is 0 Å². The van der Waals surface area contributed by atoms with Crippen LogP contribution in [0.25, 0.3) is 0 Å². The standard InChI is InChI=1S/2C3H5Br.H2O/c2*1-2-3-4;/h2*2H,1,3H2;1H2. The van der Waals surface area contributed by atoms with Crippen molar-refractivity contribution < 1.29 is 5.48 Å². The van der Waals surface area contributed by atoms with Gasteiger partial charge in [0.2, 0.25) is 0 Å². The van der Waals surface area contributed by atoms with Gasteiger partial charge < -0.3 is 5.48 Å². The van der Waals surface area contributed by atoms with Crippen molar-refractivity contribution in [3.63, 3.8) is 0 Å². The molecule has 9 heavy (non-hydrogen) atoms. The number of halogens is 2. The third kappa shape index (κ3) is 59.7. The molecule has 2 N–H and O–H groups in total. The van der Waals surface area contributed by atoms with Crippen LogP contribution in [-0.4, -0.2) is 16.1 Å². The maximum atomic E-state index is 3.43. The monoisotopic (exact) mass is 258 g/mol. The lowest BCUT2D eigenvalue weighted by Crippen LogP contribution is -1.43. The topological polar surface area (TPSA) is 31.5 Å². The minimum Gasteiger partial charge on any atom is -0.412 e. The zero-order valence-corrected chi connectivity index (χ0v) is 8.41. The molecule has 0 saturated heterocycles. The SMILES string of the molecule is C=CCBr.C=CCBr.O. The summed E-state index contributed by atoms with van der Waals surface area (Å²) in [6.07, 6.45) is 3.58. The molecule has 0 aliphatic carbocycles. The fraction of sp³-hybridized carbons (Fsp3) is 0.333. The molecule has 0 aliphatic rings. The van der Waals surface area contributed by atoms with Crippen molar-refractivity contribution in [3.05, 3.63) is 25.3 Å². The molecule has 0 fully saturated rings. The van der Waals surface area contributed by atoms with Gasteiger partial charge in [-0.25, -0.2) is 0 Å². The molecular weight excluding hydrogens is 248 g/mol. The molecule has 0 aromatic carbocycles. The molecular formula is C6H12Br2O. The highest BCUT2D eigenvalue weighted by Crippen LogP contribution is 1.73. The van der Waals surface area contributed by atoms with Gasteiger partial charge in [0.15, 0.2) is 0 Å². The average molecular weight is 260 g/mol. The van der Waals surface area contributed by atoms with E-state index in [-0.39, 0.29) is 5.48 Å². The molecule has 0 atom stereocenters. The Morgan fingerprint density at radius 1 is 1.00 bits per heavy atom. The predicted octanol–water partition coefficient (Wildman–Crippen LogP) is 2.31. The van der Waals surface area contributed by atoms with E-state index >= 15 is 0 Å². The Kier molecular flexibility index (Phi) is 42.7. The number of rotatable bonds is 2. The van der Waals surface area contributed by atoms with Crippen LogP contribution in [0.4, 0.5) is 0 Å². The maximum absolute atomic E-state index is 3.43. The molecule has 3 heteroatoms. The van der Waals surface area contributed by atoms with E-state index in [0.29, 0.717) is 0 Å². The Balaban J connectivity index is -0.0000000720. The lowest BCUT2D eigenvalue weighted by molar-refractivity contribution is 0.824. The molecule has 0 rings (SSSR count). The fourth-order valence-corrected chi connectivity index (χ4v) is 0. The molecule has 0 saturated carbocycles. The van der Waals surface area contributed by atoms with Crippen LogP contribution >= 0.6 is 31.9 Å². The second kappa shape index (κ2) is 23.8. The Hall–Kier alpha value is 0.400. The van der Waals surface area contributed by atoms with Gasteiger partial charge >= 0.3 is 0 Å². The molecule has 0 radical (unpaired) electrons. The number of hydrogen-bond donors (Lipinski definition) is 0. The third-order valence-electron chi connectivity index (χ3n) is 0.218. The van der Waals surface area contributed by atoms with Crippen LogP contribution in [0.2, 0.25) is 0 Å². The van der Waals surface area contributed by atoms with Gasteiger partial charge in [-0.3, -0.25) is 0 Å². The molecule has 56 valence electrons. The first kappa shape index (κ1) is 16.2. The Morgan fingerprint density at radius 3 is 1.11 bits per heavy atom. The van der Waals surface area contributed by atoms with Crippen molar-refractivity contribution in [1.82, 2.24) is 0 Å². The van der Waals surface area contributed by atoms with Crippen molar-refractivity contribution >= 4 is 31.9 Å². The van der Waals surface area contributed by atoms with Crippen LogP contribution in [0, 0.1) is 0 Å². The van der Waals surface area contributed by atoms with Crippen molar-refractivity contribution in [2.75, 3.05) is 10.7 Å². The van der Waals surface area contributed by atoms with E-state index in [9.17, 15) is 0 Å². The molecule has 0 unspecified atom stereocenters. The minimum absolute atomic E-state index is 0. The van der Waals surface area contributed by atoms with Crippen molar-refractivity contribution in [3.8, 4) is 0 Å². The van der Waals surface area contributed by atoms with Gasteiger partial charge in [-0.05, 0) is 0 Å². The normalized spacial score (nSPS) is 5.56. The summed E-state index contributed by atoms with van der Waals surface area (Å²) < 4.78 is 0. The Bertz CT molecular complexity index is 47.0. The maximum Gasteiger partial charge on any atom is 0.0209 e. The highest BCUT2D eigenvalue weighted by Gasteiger charge is 1.48. The summed E-state index contributed by atoms with van der Waals surface area (Å²) in [6.45, 7) is 6.86. The largest absolute Gasteiger partial charge is 0.412 e. The molecule has 0 bridgehead atoms. The second-order valence-corrected chi connectivity index (χ2v) is 2.18. The van der Waals surface area contributed by atoms with Gasteiger partial charge in [0.05, 0.1) is 0 Å². The third-order valence-corrected chi connectivity index (χ3v) is 1.13. The first-order valence-electron chi connectivity index (χ1n) is 2.17. The summed E-state index contributed by atoms with van der Waals surface area (Å²) in [5, 5.41) is 1.79. The smallest absolute Gasteiger partial charge is 0.0209 e. The van der Waals surface area contributed by atoms with E-state index in [2.05, 4.69) is 45.0 Å². The van der Waals surface area contributed by atoms with Crippen LogP contribution in [0.1, 0.15) is 0 Å². The van der Waals surface area contributed by atoms with E-state index in [1.165, 1.54) is 0 Å². The summed E-state index contributed by atoms with van der Waals surface area (Å²) in [7, 11) is 0. The first-order chi connectivity index (χ1) is 3.83. The van der Waals surface area contributed by atoms with Gasteiger partial charge in [0.1, 0.15) is 0 Å². The van der Waals surface area contributed by atoms with E-state index in [1.54, 1.807) is 12.2 Å². The average Bonchev–Trinajstić information content (AvgIpc) is 1.88. The zero-order chi connectivity index (χ0) is 6.83. The fourth-order valence-electron chi connectivity index (χ4n) is 0. The molecule has 0 heterocycles. The van der Waals surface area contributed by atoms with E-state index < -0.39 is 0 Å². The highest BCUT2D eigenvalue weighted by molar-refractivity contribution is 9.09. The molecule has 0 aromatic rings. The van der Waals surface area contributed by atoms with Gasteiger partial charge in [0.25, 0.3) is 0 Å². The van der Waals surface area contributed by atoms with Gasteiger partial charge in [-0.15, -0.1) is 13.2 Å². The van der Waals surface area contributed by atoms with Crippen molar-refractivity contribution in [2.45, 2.75) is 0 Å². The van der Waals surface area contributed by atoms with E-state index in [4.69, 9.17) is 0 Å². The van der Waals surface area contributed by atoms with Gasteiger partial charge in [-0.1, -0.05) is 44.0 Å². The second-order valence-electron chi connectivity index (χ2n) is 0.886. The summed E-state index contributed by atoms with van der Waals surface area (Å²) >= 11 is 6.26. The summed E-state index contributed by atoms with van der Waals surface area (Å²) in [5.74, 6) is 0. The Morgan fingerprint density at radius 2 is 1.11 bits per heavy atom. The minimum atomic E-state index is 0. The molecule has 0 amide bonds. The van der Waals surface area contributed by atoms with Crippen LogP contribution < -0.4 is 0 Å². The summed E-state index contributed by atoms with van der Waals surface area (Å²) in [6, 6.07) is 0. The number of allylic oxidation sites excluding steroid dienone is 2. The van der Waals surface area contributed by atoms with Gasteiger partial charge in [0, 0.05) is 10.7 Å².